The molecular formula is C16H24N4S. The highest BCUT2D eigenvalue weighted by Gasteiger charge is 2.20. The van der Waals surface area contributed by atoms with E-state index in [-0.39, 0.29) is 0 Å². The molecule has 5 heteroatoms. The van der Waals surface area contributed by atoms with Gasteiger partial charge in [0.25, 0.3) is 0 Å². The first-order valence-corrected chi connectivity index (χ1v) is 8.62. The Hall–Kier alpha value is -1.20. The molecule has 1 fully saturated rings. The van der Waals surface area contributed by atoms with Crippen LogP contribution in [-0.2, 0) is 6.42 Å². The van der Waals surface area contributed by atoms with E-state index in [4.69, 9.17) is 0 Å². The predicted molar refractivity (Wildman–Crippen MR) is 90.3 cm³/mol. The second-order valence-electron chi connectivity index (χ2n) is 6.11. The van der Waals surface area contributed by atoms with Gasteiger partial charge in [0.1, 0.15) is 17.0 Å². The summed E-state index contributed by atoms with van der Waals surface area (Å²) in [5, 5.41) is 1.22. The first-order chi connectivity index (χ1) is 10.2. The number of aryl methyl sites for hydroxylation is 1. The van der Waals surface area contributed by atoms with Crippen molar-refractivity contribution in [2.45, 2.75) is 26.2 Å². The van der Waals surface area contributed by atoms with E-state index in [1.54, 1.807) is 17.7 Å². The van der Waals surface area contributed by atoms with Crippen molar-refractivity contribution in [1.82, 2.24) is 14.9 Å². The molecule has 2 aromatic heterocycles. The molecule has 114 valence electrons. The summed E-state index contributed by atoms with van der Waals surface area (Å²) in [6, 6.07) is 2.26. The quantitative estimate of drug-likeness (QED) is 0.869. The molecule has 3 heterocycles. The largest absolute Gasteiger partial charge is 0.359 e. The highest BCUT2D eigenvalue weighted by Crippen LogP contribution is 2.30. The van der Waals surface area contributed by atoms with Gasteiger partial charge in [-0.1, -0.05) is 6.92 Å². The molecule has 0 bridgehead atoms. The fourth-order valence-corrected chi connectivity index (χ4v) is 4.02. The minimum Gasteiger partial charge on any atom is -0.359 e. The van der Waals surface area contributed by atoms with Crippen LogP contribution in [0, 0.1) is 5.92 Å². The topological polar surface area (TPSA) is 32.3 Å². The lowest BCUT2D eigenvalue weighted by Crippen LogP contribution is -2.36. The van der Waals surface area contributed by atoms with Crippen LogP contribution >= 0.6 is 11.3 Å². The number of anilines is 1. The summed E-state index contributed by atoms with van der Waals surface area (Å²) in [4.78, 5) is 16.2. The Kier molecular flexibility index (Phi) is 4.40. The minimum absolute atomic E-state index is 0.778. The number of thiophene rings is 1. The molecule has 0 unspecified atom stereocenters. The number of rotatable bonds is 4. The molecule has 0 N–H and O–H groups in total. The highest BCUT2D eigenvalue weighted by atomic mass is 32.1. The lowest BCUT2D eigenvalue weighted by Gasteiger charge is -2.32. The Morgan fingerprint density at radius 1 is 1.33 bits per heavy atom. The van der Waals surface area contributed by atoms with Gasteiger partial charge in [-0.25, -0.2) is 9.97 Å². The van der Waals surface area contributed by atoms with Crippen molar-refractivity contribution >= 4 is 27.4 Å². The van der Waals surface area contributed by atoms with Crippen molar-refractivity contribution in [2.75, 3.05) is 38.6 Å². The fraction of sp³-hybridized carbons (Fsp3) is 0.625. The molecule has 3 rings (SSSR count). The maximum absolute atomic E-state index is 4.55. The van der Waals surface area contributed by atoms with Gasteiger partial charge in [-0.2, -0.15) is 0 Å². The SMILES string of the molecule is CCc1cc2c(N(C)CC3CCN(C)CC3)ncnc2s1. The molecule has 1 aliphatic rings. The average Bonchev–Trinajstić information content (AvgIpc) is 2.92. The Labute approximate surface area is 130 Å². The summed E-state index contributed by atoms with van der Waals surface area (Å²) in [7, 11) is 4.38. The van der Waals surface area contributed by atoms with Crippen molar-refractivity contribution in [1.29, 1.82) is 0 Å². The van der Waals surface area contributed by atoms with Crippen LogP contribution in [0.1, 0.15) is 24.6 Å². The smallest absolute Gasteiger partial charge is 0.140 e. The summed E-state index contributed by atoms with van der Waals surface area (Å²) < 4.78 is 0. The Morgan fingerprint density at radius 2 is 2.10 bits per heavy atom. The van der Waals surface area contributed by atoms with Crippen LogP contribution < -0.4 is 4.90 Å². The minimum atomic E-state index is 0.778. The monoisotopic (exact) mass is 304 g/mol. The summed E-state index contributed by atoms with van der Waals surface area (Å²) in [6.45, 7) is 5.73. The van der Waals surface area contributed by atoms with Gasteiger partial charge in [-0.05, 0) is 51.4 Å². The lowest BCUT2D eigenvalue weighted by molar-refractivity contribution is 0.222. The van der Waals surface area contributed by atoms with Crippen LogP contribution in [0.5, 0.6) is 0 Å². The van der Waals surface area contributed by atoms with E-state index < -0.39 is 0 Å². The molecule has 2 aromatic rings. The number of hydrogen-bond donors (Lipinski definition) is 0. The van der Waals surface area contributed by atoms with E-state index in [2.05, 4.69) is 46.9 Å². The summed E-state index contributed by atoms with van der Waals surface area (Å²) in [5.74, 6) is 1.87. The number of hydrogen-bond acceptors (Lipinski definition) is 5. The average molecular weight is 304 g/mol. The first kappa shape index (κ1) is 14.7. The summed E-state index contributed by atoms with van der Waals surface area (Å²) >= 11 is 1.79. The molecule has 0 aromatic carbocycles. The third kappa shape index (κ3) is 3.19. The molecular weight excluding hydrogens is 280 g/mol. The standard InChI is InChI=1S/C16H24N4S/c1-4-13-9-14-15(17-11-18-16(14)21-13)20(3)10-12-5-7-19(2)8-6-12/h9,11-12H,4-8,10H2,1-3H3. The number of aromatic nitrogens is 2. The van der Waals surface area contributed by atoms with Crippen LogP contribution in [0.3, 0.4) is 0 Å². The van der Waals surface area contributed by atoms with Gasteiger partial charge in [-0.3, -0.25) is 0 Å². The van der Waals surface area contributed by atoms with Gasteiger partial charge in [0.2, 0.25) is 0 Å². The number of nitrogens with zero attached hydrogens (tertiary/aromatic N) is 4. The number of piperidine rings is 1. The van der Waals surface area contributed by atoms with Crippen molar-refractivity contribution in [2.24, 2.45) is 5.92 Å². The third-order valence-electron chi connectivity index (χ3n) is 4.44. The van der Waals surface area contributed by atoms with E-state index in [1.807, 2.05) is 0 Å². The normalized spacial score (nSPS) is 17.5. The van der Waals surface area contributed by atoms with Crippen LogP contribution in [0.15, 0.2) is 12.4 Å². The zero-order valence-corrected chi connectivity index (χ0v) is 14.0. The van der Waals surface area contributed by atoms with E-state index in [1.165, 1.54) is 36.2 Å². The van der Waals surface area contributed by atoms with Crippen LogP contribution in [0.25, 0.3) is 10.2 Å². The highest BCUT2D eigenvalue weighted by molar-refractivity contribution is 7.18. The maximum Gasteiger partial charge on any atom is 0.140 e. The Morgan fingerprint density at radius 3 is 2.81 bits per heavy atom. The molecule has 0 amide bonds. The molecule has 0 aliphatic carbocycles. The zero-order valence-electron chi connectivity index (χ0n) is 13.2. The molecule has 1 saturated heterocycles. The Balaban J connectivity index is 1.77. The van der Waals surface area contributed by atoms with Crippen LogP contribution in [0.4, 0.5) is 5.82 Å². The van der Waals surface area contributed by atoms with Crippen molar-refractivity contribution in [3.8, 4) is 0 Å². The number of likely N-dealkylation sites (tertiary alicyclic amines) is 1. The van der Waals surface area contributed by atoms with E-state index in [0.717, 1.165) is 29.5 Å². The predicted octanol–water partition coefficient (Wildman–Crippen LogP) is 3.03. The second kappa shape index (κ2) is 6.28. The van der Waals surface area contributed by atoms with Gasteiger partial charge in [0.15, 0.2) is 0 Å². The Bertz CT molecular complexity index is 601. The zero-order chi connectivity index (χ0) is 14.8. The lowest BCUT2D eigenvalue weighted by atomic mass is 9.96. The van der Waals surface area contributed by atoms with Gasteiger partial charge < -0.3 is 9.80 Å². The molecule has 0 spiro atoms. The van der Waals surface area contributed by atoms with Crippen LogP contribution in [0.2, 0.25) is 0 Å². The molecule has 1 aliphatic heterocycles. The third-order valence-corrected chi connectivity index (χ3v) is 5.63. The van der Waals surface area contributed by atoms with Crippen molar-refractivity contribution < 1.29 is 0 Å². The fourth-order valence-electron chi connectivity index (χ4n) is 3.09. The van der Waals surface area contributed by atoms with Gasteiger partial charge >= 0.3 is 0 Å². The second-order valence-corrected chi connectivity index (χ2v) is 7.22. The number of fused-ring (bicyclic) bond motifs is 1. The molecule has 21 heavy (non-hydrogen) atoms. The van der Waals surface area contributed by atoms with E-state index in [0.29, 0.717) is 0 Å². The van der Waals surface area contributed by atoms with E-state index in [9.17, 15) is 0 Å². The van der Waals surface area contributed by atoms with E-state index >= 15 is 0 Å². The summed E-state index contributed by atoms with van der Waals surface area (Å²) in [6.07, 6.45) is 5.36. The first-order valence-electron chi connectivity index (χ1n) is 7.80. The molecule has 0 atom stereocenters. The maximum atomic E-state index is 4.55. The van der Waals surface area contributed by atoms with Crippen molar-refractivity contribution in [3.05, 3.63) is 17.3 Å². The van der Waals surface area contributed by atoms with Gasteiger partial charge in [-0.15, -0.1) is 11.3 Å². The molecule has 0 radical (unpaired) electrons. The van der Waals surface area contributed by atoms with Gasteiger partial charge in [0.05, 0.1) is 5.39 Å². The van der Waals surface area contributed by atoms with Crippen molar-refractivity contribution in [3.63, 3.8) is 0 Å². The summed E-state index contributed by atoms with van der Waals surface area (Å²) in [5.41, 5.74) is 0. The van der Waals surface area contributed by atoms with Gasteiger partial charge in [0, 0.05) is 18.5 Å². The molecule has 0 saturated carbocycles. The molecule has 4 nitrogen and oxygen atoms in total. The van der Waals surface area contributed by atoms with Crippen LogP contribution in [-0.4, -0.2) is 48.6 Å².